The van der Waals surface area contributed by atoms with Crippen LogP contribution in [-0.2, 0) is 0 Å². The average Bonchev–Trinajstić information content (AvgIpc) is 2.47. The summed E-state index contributed by atoms with van der Waals surface area (Å²) in [5.41, 5.74) is 2.59. The second-order valence-electron chi connectivity index (χ2n) is 4.81. The second kappa shape index (κ2) is 5.42. The van der Waals surface area contributed by atoms with Gasteiger partial charge in [-0.15, -0.1) is 0 Å². The SMILES string of the molecule is O=[N+]([O-])c1ccccc1C1CNC(=S)c2ccc(Cl)cc21. The predicted octanol–water partition coefficient (Wildman–Crippen LogP) is 3.66. The molecule has 0 aliphatic carbocycles. The van der Waals surface area contributed by atoms with Gasteiger partial charge in [0.25, 0.3) is 5.69 Å². The molecule has 106 valence electrons. The molecule has 4 nitrogen and oxygen atoms in total. The molecule has 1 N–H and O–H groups in total. The number of fused-ring (bicyclic) bond motifs is 1. The molecular weight excluding hydrogens is 308 g/mol. The summed E-state index contributed by atoms with van der Waals surface area (Å²) in [7, 11) is 0. The van der Waals surface area contributed by atoms with E-state index in [1.807, 2.05) is 12.1 Å². The molecule has 21 heavy (non-hydrogen) atoms. The van der Waals surface area contributed by atoms with Crippen LogP contribution in [0.2, 0.25) is 5.02 Å². The van der Waals surface area contributed by atoms with Crippen molar-refractivity contribution in [2.75, 3.05) is 6.54 Å². The first-order valence-electron chi connectivity index (χ1n) is 6.39. The van der Waals surface area contributed by atoms with Crippen molar-refractivity contribution in [2.45, 2.75) is 5.92 Å². The van der Waals surface area contributed by atoms with Crippen molar-refractivity contribution in [1.82, 2.24) is 5.32 Å². The van der Waals surface area contributed by atoms with Crippen molar-refractivity contribution >= 4 is 34.5 Å². The molecule has 1 heterocycles. The lowest BCUT2D eigenvalue weighted by Gasteiger charge is -2.27. The third-order valence-corrected chi connectivity index (χ3v) is 4.21. The number of hydrogen-bond donors (Lipinski definition) is 1. The van der Waals surface area contributed by atoms with Gasteiger partial charge in [0.2, 0.25) is 0 Å². The van der Waals surface area contributed by atoms with Crippen LogP contribution in [0.1, 0.15) is 22.6 Å². The number of para-hydroxylation sites is 1. The van der Waals surface area contributed by atoms with E-state index in [1.165, 1.54) is 6.07 Å². The highest BCUT2D eigenvalue weighted by molar-refractivity contribution is 7.80. The van der Waals surface area contributed by atoms with Gasteiger partial charge in [-0.2, -0.15) is 0 Å². The number of rotatable bonds is 2. The molecule has 0 bridgehead atoms. The number of nitrogens with one attached hydrogen (secondary N) is 1. The lowest BCUT2D eigenvalue weighted by molar-refractivity contribution is -0.385. The second-order valence-corrected chi connectivity index (χ2v) is 5.65. The van der Waals surface area contributed by atoms with Crippen molar-refractivity contribution < 1.29 is 4.92 Å². The number of nitro groups is 1. The van der Waals surface area contributed by atoms with Gasteiger partial charge in [0.05, 0.1) is 4.92 Å². The van der Waals surface area contributed by atoms with Gasteiger partial charge in [-0.25, -0.2) is 0 Å². The lowest BCUT2D eigenvalue weighted by Crippen LogP contribution is -2.35. The van der Waals surface area contributed by atoms with Crippen LogP contribution in [0.4, 0.5) is 5.69 Å². The van der Waals surface area contributed by atoms with E-state index in [9.17, 15) is 10.1 Å². The standard InChI is InChI=1S/C15H11ClN2O2S/c16-9-5-6-11-12(7-9)13(8-17-15(11)21)10-3-1-2-4-14(10)18(19)20/h1-7,13H,8H2,(H,17,21). The van der Waals surface area contributed by atoms with Crippen LogP contribution in [0.15, 0.2) is 42.5 Å². The van der Waals surface area contributed by atoms with Crippen molar-refractivity contribution in [3.8, 4) is 0 Å². The van der Waals surface area contributed by atoms with Gasteiger partial charge in [-0.05, 0) is 17.7 Å². The van der Waals surface area contributed by atoms with E-state index >= 15 is 0 Å². The van der Waals surface area contributed by atoms with Gasteiger partial charge in [0.15, 0.2) is 0 Å². The lowest BCUT2D eigenvalue weighted by atomic mass is 9.85. The molecule has 0 amide bonds. The Kier molecular flexibility index (Phi) is 3.61. The quantitative estimate of drug-likeness (QED) is 0.521. The Bertz CT molecular complexity index is 748. The Balaban J connectivity index is 2.18. The minimum Gasteiger partial charge on any atom is -0.375 e. The highest BCUT2D eigenvalue weighted by Gasteiger charge is 2.29. The maximum atomic E-state index is 11.2. The maximum Gasteiger partial charge on any atom is 0.273 e. The molecule has 0 saturated carbocycles. The number of nitrogens with zero attached hydrogens (tertiary/aromatic N) is 1. The monoisotopic (exact) mass is 318 g/mol. The van der Waals surface area contributed by atoms with E-state index in [-0.39, 0.29) is 16.5 Å². The molecule has 0 fully saturated rings. The molecule has 1 aliphatic rings. The summed E-state index contributed by atoms with van der Waals surface area (Å²) in [6.45, 7) is 0.525. The number of hydrogen-bond acceptors (Lipinski definition) is 3. The van der Waals surface area contributed by atoms with Crippen molar-refractivity contribution in [3.63, 3.8) is 0 Å². The minimum absolute atomic E-state index is 0.114. The van der Waals surface area contributed by atoms with E-state index in [0.29, 0.717) is 22.1 Å². The third kappa shape index (κ3) is 2.50. The van der Waals surface area contributed by atoms with Crippen molar-refractivity contribution in [3.05, 3.63) is 74.3 Å². The van der Waals surface area contributed by atoms with E-state index in [1.54, 1.807) is 24.3 Å². The van der Waals surface area contributed by atoms with Gasteiger partial charge in [-0.1, -0.05) is 48.1 Å². The third-order valence-electron chi connectivity index (χ3n) is 3.61. The molecule has 0 spiro atoms. The topological polar surface area (TPSA) is 55.2 Å². The van der Waals surface area contributed by atoms with Crippen LogP contribution in [0, 0.1) is 10.1 Å². The first-order chi connectivity index (χ1) is 10.1. The first kappa shape index (κ1) is 14.0. The number of thiocarbonyl (C=S) groups is 1. The van der Waals surface area contributed by atoms with E-state index < -0.39 is 0 Å². The van der Waals surface area contributed by atoms with Gasteiger partial charge >= 0.3 is 0 Å². The molecule has 1 unspecified atom stereocenters. The summed E-state index contributed by atoms with van der Waals surface area (Å²) in [5, 5.41) is 15.0. The molecule has 6 heteroatoms. The molecule has 0 saturated heterocycles. The van der Waals surface area contributed by atoms with Crippen LogP contribution in [0.3, 0.4) is 0 Å². The van der Waals surface area contributed by atoms with Gasteiger partial charge in [-0.3, -0.25) is 10.1 Å². The van der Waals surface area contributed by atoms with Gasteiger partial charge in [0, 0.05) is 34.7 Å². The van der Waals surface area contributed by atoms with Crippen molar-refractivity contribution in [2.24, 2.45) is 0 Å². The summed E-state index contributed by atoms with van der Waals surface area (Å²) >= 11 is 11.4. The molecule has 1 atom stereocenters. The Morgan fingerprint density at radius 2 is 2.00 bits per heavy atom. The fourth-order valence-electron chi connectivity index (χ4n) is 2.65. The smallest absolute Gasteiger partial charge is 0.273 e. The zero-order chi connectivity index (χ0) is 15.0. The zero-order valence-corrected chi connectivity index (χ0v) is 12.4. The molecule has 0 radical (unpaired) electrons. The number of halogens is 1. The summed E-state index contributed by atoms with van der Waals surface area (Å²) in [6.07, 6.45) is 0. The summed E-state index contributed by atoms with van der Waals surface area (Å²) < 4.78 is 0. The molecule has 3 rings (SSSR count). The fraction of sp³-hybridized carbons (Fsp3) is 0.133. The molecule has 1 aliphatic heterocycles. The number of nitro benzene ring substituents is 1. The molecule has 2 aromatic rings. The van der Waals surface area contributed by atoms with E-state index in [2.05, 4.69) is 5.32 Å². The molecule has 0 aromatic heterocycles. The zero-order valence-electron chi connectivity index (χ0n) is 10.9. The van der Waals surface area contributed by atoms with Crippen LogP contribution in [0.5, 0.6) is 0 Å². The van der Waals surface area contributed by atoms with Crippen LogP contribution >= 0.6 is 23.8 Å². The van der Waals surface area contributed by atoms with E-state index in [0.717, 1.165) is 11.1 Å². The molecular formula is C15H11ClN2O2S. The Labute approximate surface area is 131 Å². The highest BCUT2D eigenvalue weighted by atomic mass is 35.5. The van der Waals surface area contributed by atoms with Gasteiger partial charge in [0.1, 0.15) is 4.99 Å². The minimum atomic E-state index is -0.355. The van der Waals surface area contributed by atoms with E-state index in [4.69, 9.17) is 23.8 Å². The Morgan fingerprint density at radius 1 is 1.24 bits per heavy atom. The molecule has 2 aromatic carbocycles. The predicted molar refractivity (Wildman–Crippen MR) is 86.1 cm³/mol. The maximum absolute atomic E-state index is 11.2. The largest absolute Gasteiger partial charge is 0.375 e. The van der Waals surface area contributed by atoms with Crippen LogP contribution in [0.25, 0.3) is 0 Å². The van der Waals surface area contributed by atoms with Crippen molar-refractivity contribution in [1.29, 1.82) is 0 Å². The van der Waals surface area contributed by atoms with Crippen LogP contribution < -0.4 is 5.32 Å². The fourth-order valence-corrected chi connectivity index (χ4v) is 3.10. The highest BCUT2D eigenvalue weighted by Crippen LogP contribution is 2.36. The Morgan fingerprint density at radius 3 is 2.76 bits per heavy atom. The number of benzene rings is 2. The van der Waals surface area contributed by atoms with Crippen LogP contribution in [-0.4, -0.2) is 16.5 Å². The summed E-state index contributed by atoms with van der Waals surface area (Å²) in [4.78, 5) is 11.5. The summed E-state index contributed by atoms with van der Waals surface area (Å²) in [6, 6.07) is 12.2. The Hall–Kier alpha value is -1.98. The first-order valence-corrected chi connectivity index (χ1v) is 7.17. The summed E-state index contributed by atoms with van der Waals surface area (Å²) in [5.74, 6) is -0.146. The van der Waals surface area contributed by atoms with Gasteiger partial charge < -0.3 is 5.32 Å². The normalized spacial score (nSPS) is 17.0. The average molecular weight is 319 g/mol.